The molecule has 0 amide bonds. The highest BCUT2D eigenvalue weighted by molar-refractivity contribution is 5.24. The smallest absolute Gasteiger partial charge is 0.0700 e. The molecule has 0 radical (unpaired) electrons. The van der Waals surface area contributed by atoms with Crippen LogP contribution in [0.1, 0.15) is 12.5 Å². The van der Waals surface area contributed by atoms with Crippen molar-refractivity contribution in [3.8, 4) is 0 Å². The zero-order chi connectivity index (χ0) is 14.3. The van der Waals surface area contributed by atoms with Crippen LogP contribution in [-0.2, 0) is 15.0 Å². The van der Waals surface area contributed by atoms with Gasteiger partial charge in [0.2, 0.25) is 0 Å². The number of benzene rings is 1. The average molecular weight is 278 g/mol. The van der Waals surface area contributed by atoms with Gasteiger partial charge in [0.15, 0.2) is 0 Å². The van der Waals surface area contributed by atoms with E-state index in [2.05, 4.69) is 47.5 Å². The molecule has 1 aliphatic rings. The molecule has 4 nitrogen and oxygen atoms in total. The Morgan fingerprint density at radius 1 is 1.20 bits per heavy atom. The number of nitrogens with one attached hydrogen (secondary N) is 1. The van der Waals surface area contributed by atoms with Gasteiger partial charge in [-0.2, -0.15) is 0 Å². The molecule has 0 aromatic heterocycles. The summed E-state index contributed by atoms with van der Waals surface area (Å²) in [6, 6.07) is 10.7. The zero-order valence-electron chi connectivity index (χ0n) is 12.6. The second-order valence-electron chi connectivity index (χ2n) is 5.51. The van der Waals surface area contributed by atoms with Crippen molar-refractivity contribution in [3.05, 3.63) is 35.9 Å². The number of hydrogen-bond acceptors (Lipinski definition) is 4. The maximum atomic E-state index is 5.56. The quantitative estimate of drug-likeness (QED) is 0.766. The van der Waals surface area contributed by atoms with E-state index in [-0.39, 0.29) is 5.54 Å². The normalized spacial score (nSPS) is 23.9. The first kappa shape index (κ1) is 15.4. The van der Waals surface area contributed by atoms with Crippen molar-refractivity contribution in [3.63, 3.8) is 0 Å². The second-order valence-corrected chi connectivity index (χ2v) is 5.51. The van der Waals surface area contributed by atoms with Crippen LogP contribution in [0.15, 0.2) is 30.3 Å². The first-order chi connectivity index (χ1) is 9.74. The van der Waals surface area contributed by atoms with Gasteiger partial charge in [-0.25, -0.2) is 0 Å². The Labute approximate surface area is 122 Å². The topological polar surface area (TPSA) is 33.7 Å². The molecule has 1 aromatic carbocycles. The fourth-order valence-corrected chi connectivity index (χ4v) is 2.70. The largest absolute Gasteiger partial charge is 0.382 e. The predicted octanol–water partition coefficient (Wildman–Crippen LogP) is 1.47. The number of ether oxygens (including phenoxy) is 2. The average Bonchev–Trinajstić information content (AvgIpc) is 2.48. The molecule has 1 aliphatic heterocycles. The van der Waals surface area contributed by atoms with Gasteiger partial charge in [-0.1, -0.05) is 30.3 Å². The number of piperazine rings is 1. The molecule has 1 unspecified atom stereocenters. The van der Waals surface area contributed by atoms with Crippen LogP contribution >= 0.6 is 0 Å². The van der Waals surface area contributed by atoms with Gasteiger partial charge in [-0.15, -0.1) is 0 Å². The summed E-state index contributed by atoms with van der Waals surface area (Å²) >= 11 is 0. The highest BCUT2D eigenvalue weighted by Crippen LogP contribution is 2.23. The molecule has 1 saturated heterocycles. The van der Waals surface area contributed by atoms with Crippen LogP contribution < -0.4 is 5.32 Å². The van der Waals surface area contributed by atoms with Gasteiger partial charge in [-0.05, 0) is 12.5 Å². The monoisotopic (exact) mass is 278 g/mol. The zero-order valence-corrected chi connectivity index (χ0v) is 12.6. The molecule has 20 heavy (non-hydrogen) atoms. The fourth-order valence-electron chi connectivity index (χ4n) is 2.70. The summed E-state index contributed by atoms with van der Waals surface area (Å²) in [5.41, 5.74) is 1.39. The number of hydrogen-bond donors (Lipinski definition) is 1. The Kier molecular flexibility index (Phi) is 5.98. The van der Waals surface area contributed by atoms with Gasteiger partial charge in [0.1, 0.15) is 0 Å². The molecule has 1 N–H and O–H groups in total. The lowest BCUT2D eigenvalue weighted by molar-refractivity contribution is 0.0455. The van der Waals surface area contributed by atoms with Gasteiger partial charge in [0.05, 0.1) is 25.4 Å². The number of rotatable bonds is 7. The first-order valence-corrected chi connectivity index (χ1v) is 7.34. The second kappa shape index (κ2) is 7.74. The Bertz CT molecular complexity index is 385. The van der Waals surface area contributed by atoms with Gasteiger partial charge in [-0.3, -0.25) is 4.90 Å². The molecule has 1 aromatic rings. The number of methoxy groups -OCH3 is 1. The van der Waals surface area contributed by atoms with Crippen LogP contribution in [0.25, 0.3) is 0 Å². The van der Waals surface area contributed by atoms with Crippen molar-refractivity contribution in [1.82, 2.24) is 10.2 Å². The molecular formula is C16H26N2O2. The Morgan fingerprint density at radius 3 is 2.75 bits per heavy atom. The predicted molar refractivity (Wildman–Crippen MR) is 80.9 cm³/mol. The van der Waals surface area contributed by atoms with Crippen molar-refractivity contribution in [2.45, 2.75) is 12.5 Å². The molecule has 0 aliphatic carbocycles. The molecule has 0 bridgehead atoms. The molecule has 1 heterocycles. The van der Waals surface area contributed by atoms with Gasteiger partial charge < -0.3 is 14.8 Å². The summed E-state index contributed by atoms with van der Waals surface area (Å²) in [6.07, 6.45) is 0. The molecule has 0 spiro atoms. The van der Waals surface area contributed by atoms with Crippen LogP contribution in [0.2, 0.25) is 0 Å². The van der Waals surface area contributed by atoms with E-state index in [4.69, 9.17) is 9.47 Å². The molecule has 1 atom stereocenters. The highest BCUT2D eigenvalue weighted by atomic mass is 16.5. The highest BCUT2D eigenvalue weighted by Gasteiger charge is 2.31. The van der Waals surface area contributed by atoms with Crippen LogP contribution in [0.3, 0.4) is 0 Å². The van der Waals surface area contributed by atoms with Crippen molar-refractivity contribution < 1.29 is 9.47 Å². The maximum Gasteiger partial charge on any atom is 0.0700 e. The van der Waals surface area contributed by atoms with E-state index in [1.54, 1.807) is 7.11 Å². The molecule has 4 heteroatoms. The van der Waals surface area contributed by atoms with Crippen molar-refractivity contribution in [2.75, 3.05) is 53.1 Å². The Balaban J connectivity index is 1.82. The first-order valence-electron chi connectivity index (χ1n) is 7.34. The molecular weight excluding hydrogens is 252 g/mol. The van der Waals surface area contributed by atoms with Crippen molar-refractivity contribution in [2.24, 2.45) is 0 Å². The van der Waals surface area contributed by atoms with E-state index in [1.165, 1.54) is 5.56 Å². The lowest BCUT2D eigenvalue weighted by Gasteiger charge is -2.42. The van der Waals surface area contributed by atoms with Crippen LogP contribution in [0.4, 0.5) is 0 Å². The minimum atomic E-state index is 0.0338. The summed E-state index contributed by atoms with van der Waals surface area (Å²) in [7, 11) is 1.70. The summed E-state index contributed by atoms with van der Waals surface area (Å²) in [5.74, 6) is 0. The van der Waals surface area contributed by atoms with Crippen molar-refractivity contribution in [1.29, 1.82) is 0 Å². The van der Waals surface area contributed by atoms with Gasteiger partial charge in [0.25, 0.3) is 0 Å². The third-order valence-corrected chi connectivity index (χ3v) is 3.88. The molecule has 112 valence electrons. The summed E-state index contributed by atoms with van der Waals surface area (Å²) in [5, 5.41) is 3.65. The van der Waals surface area contributed by atoms with Crippen LogP contribution in [0.5, 0.6) is 0 Å². The summed E-state index contributed by atoms with van der Waals surface area (Å²) in [4.78, 5) is 2.47. The maximum absolute atomic E-state index is 5.56. The number of nitrogens with zero attached hydrogens (tertiary/aromatic N) is 1. The van der Waals surface area contributed by atoms with Crippen molar-refractivity contribution >= 4 is 0 Å². The van der Waals surface area contributed by atoms with E-state index in [0.717, 1.165) is 32.8 Å². The minimum Gasteiger partial charge on any atom is -0.382 e. The Hall–Kier alpha value is -0.940. The lowest BCUT2D eigenvalue weighted by atomic mass is 9.90. The van der Waals surface area contributed by atoms with E-state index < -0.39 is 0 Å². The third kappa shape index (κ3) is 4.28. The van der Waals surface area contributed by atoms with E-state index in [1.807, 2.05) is 0 Å². The van der Waals surface area contributed by atoms with E-state index >= 15 is 0 Å². The van der Waals surface area contributed by atoms with Gasteiger partial charge >= 0.3 is 0 Å². The standard InChI is InChI=1S/C16H26N2O2/c1-16(15-6-4-3-5-7-15)14-18(9-8-17-16)10-11-20-13-12-19-2/h3-7,17H,8-14H2,1-2H3. The summed E-state index contributed by atoms with van der Waals surface area (Å²) in [6.45, 7) is 8.49. The fraction of sp³-hybridized carbons (Fsp3) is 0.625. The van der Waals surface area contributed by atoms with Crippen LogP contribution in [-0.4, -0.2) is 58.0 Å². The summed E-state index contributed by atoms with van der Waals surface area (Å²) < 4.78 is 10.5. The van der Waals surface area contributed by atoms with E-state index in [9.17, 15) is 0 Å². The van der Waals surface area contributed by atoms with Gasteiger partial charge in [0, 0.05) is 33.3 Å². The SMILES string of the molecule is COCCOCCN1CCNC(C)(c2ccccc2)C1. The minimum absolute atomic E-state index is 0.0338. The molecule has 2 rings (SSSR count). The molecule has 1 fully saturated rings. The third-order valence-electron chi connectivity index (χ3n) is 3.88. The molecule has 0 saturated carbocycles. The van der Waals surface area contributed by atoms with E-state index in [0.29, 0.717) is 13.2 Å². The van der Waals surface area contributed by atoms with Crippen LogP contribution in [0, 0.1) is 0 Å². The Morgan fingerprint density at radius 2 is 2.00 bits per heavy atom. The lowest BCUT2D eigenvalue weighted by Crippen LogP contribution is -2.57.